The minimum absolute atomic E-state index is 0.0590. The van der Waals surface area contributed by atoms with Crippen LogP contribution < -0.4 is 9.80 Å². The van der Waals surface area contributed by atoms with E-state index in [2.05, 4.69) is 26.9 Å². The molecule has 0 radical (unpaired) electrons. The Morgan fingerprint density at radius 1 is 0.793 bits per heavy atom. The molecule has 2 aliphatic rings. The SMILES string of the molecule is CC(=O)N1CCN(c2cc(C(=O)N3CCN(c4ccccc4)CC3)ccn2)CC1. The first-order valence-electron chi connectivity index (χ1n) is 10.2. The number of pyridine rings is 1. The van der Waals surface area contributed by atoms with Gasteiger partial charge in [0.15, 0.2) is 0 Å². The van der Waals surface area contributed by atoms with E-state index in [1.165, 1.54) is 5.69 Å². The Bertz CT molecular complexity index is 857. The van der Waals surface area contributed by atoms with Gasteiger partial charge in [0.2, 0.25) is 5.91 Å². The summed E-state index contributed by atoms with van der Waals surface area (Å²) in [7, 11) is 0. The van der Waals surface area contributed by atoms with Gasteiger partial charge in [-0.25, -0.2) is 4.98 Å². The molecule has 0 spiro atoms. The summed E-state index contributed by atoms with van der Waals surface area (Å²) in [5.41, 5.74) is 1.88. The lowest BCUT2D eigenvalue weighted by atomic mass is 10.2. The fourth-order valence-corrected chi connectivity index (χ4v) is 3.96. The van der Waals surface area contributed by atoms with E-state index < -0.39 is 0 Å². The molecular formula is C22H27N5O2. The Kier molecular flexibility index (Phi) is 5.64. The molecule has 0 unspecified atom stereocenters. The van der Waals surface area contributed by atoms with Gasteiger partial charge in [-0.05, 0) is 24.3 Å². The quantitative estimate of drug-likeness (QED) is 0.795. The summed E-state index contributed by atoms with van der Waals surface area (Å²) < 4.78 is 0. The molecular weight excluding hydrogens is 366 g/mol. The van der Waals surface area contributed by atoms with Crippen molar-refractivity contribution in [3.8, 4) is 0 Å². The van der Waals surface area contributed by atoms with E-state index in [1.807, 2.05) is 34.1 Å². The number of anilines is 2. The van der Waals surface area contributed by atoms with Crippen LogP contribution in [-0.2, 0) is 4.79 Å². The molecule has 0 atom stereocenters. The largest absolute Gasteiger partial charge is 0.368 e. The maximum Gasteiger partial charge on any atom is 0.254 e. The van der Waals surface area contributed by atoms with Crippen molar-refractivity contribution in [1.29, 1.82) is 0 Å². The number of carbonyl (C=O) groups is 2. The van der Waals surface area contributed by atoms with Crippen molar-refractivity contribution in [2.45, 2.75) is 6.92 Å². The Labute approximate surface area is 171 Å². The zero-order chi connectivity index (χ0) is 20.2. The van der Waals surface area contributed by atoms with Crippen molar-refractivity contribution >= 4 is 23.3 Å². The lowest BCUT2D eigenvalue weighted by Gasteiger charge is -2.36. The molecule has 29 heavy (non-hydrogen) atoms. The minimum Gasteiger partial charge on any atom is -0.368 e. The predicted octanol–water partition coefficient (Wildman–Crippen LogP) is 1.71. The molecule has 2 aliphatic heterocycles. The number of nitrogens with zero attached hydrogens (tertiary/aromatic N) is 5. The number of para-hydroxylation sites is 1. The maximum atomic E-state index is 13.0. The number of carbonyl (C=O) groups excluding carboxylic acids is 2. The van der Waals surface area contributed by atoms with Gasteiger partial charge >= 0.3 is 0 Å². The smallest absolute Gasteiger partial charge is 0.254 e. The number of amides is 2. The van der Waals surface area contributed by atoms with E-state index in [9.17, 15) is 9.59 Å². The monoisotopic (exact) mass is 393 g/mol. The minimum atomic E-state index is 0.0590. The van der Waals surface area contributed by atoms with Gasteiger partial charge in [-0.1, -0.05) is 18.2 Å². The van der Waals surface area contributed by atoms with E-state index in [1.54, 1.807) is 19.2 Å². The average Bonchev–Trinajstić information content (AvgIpc) is 2.79. The molecule has 0 saturated carbocycles. The first kappa shape index (κ1) is 19.2. The fourth-order valence-electron chi connectivity index (χ4n) is 3.96. The van der Waals surface area contributed by atoms with Crippen molar-refractivity contribution in [3.63, 3.8) is 0 Å². The summed E-state index contributed by atoms with van der Waals surface area (Å²) >= 11 is 0. The molecule has 152 valence electrons. The third-order valence-corrected chi connectivity index (χ3v) is 5.73. The lowest BCUT2D eigenvalue weighted by Crippen LogP contribution is -2.49. The molecule has 7 nitrogen and oxygen atoms in total. The number of rotatable bonds is 3. The third kappa shape index (κ3) is 4.34. The lowest BCUT2D eigenvalue weighted by molar-refractivity contribution is -0.129. The van der Waals surface area contributed by atoms with Gasteiger partial charge in [0.1, 0.15) is 5.82 Å². The highest BCUT2D eigenvalue weighted by Gasteiger charge is 2.24. The van der Waals surface area contributed by atoms with Gasteiger partial charge in [-0.15, -0.1) is 0 Å². The highest BCUT2D eigenvalue weighted by molar-refractivity contribution is 5.95. The van der Waals surface area contributed by atoms with Crippen LogP contribution in [0.15, 0.2) is 48.7 Å². The number of piperazine rings is 2. The number of hydrogen-bond acceptors (Lipinski definition) is 5. The number of aromatic nitrogens is 1. The fraction of sp³-hybridized carbons (Fsp3) is 0.409. The van der Waals surface area contributed by atoms with Crippen molar-refractivity contribution in [1.82, 2.24) is 14.8 Å². The first-order valence-corrected chi connectivity index (χ1v) is 10.2. The summed E-state index contributed by atoms with van der Waals surface area (Å²) in [5.74, 6) is 0.974. The van der Waals surface area contributed by atoms with Crippen LogP contribution in [0, 0.1) is 0 Å². The molecule has 2 aromatic rings. The van der Waals surface area contributed by atoms with E-state index in [0.29, 0.717) is 31.7 Å². The van der Waals surface area contributed by atoms with Crippen molar-refractivity contribution in [3.05, 3.63) is 54.2 Å². The molecule has 2 saturated heterocycles. The van der Waals surface area contributed by atoms with Crippen LogP contribution in [-0.4, -0.2) is 79.0 Å². The van der Waals surface area contributed by atoms with Gasteiger partial charge < -0.3 is 19.6 Å². The van der Waals surface area contributed by atoms with E-state index in [0.717, 1.165) is 32.0 Å². The van der Waals surface area contributed by atoms with Gasteiger partial charge in [-0.2, -0.15) is 0 Å². The van der Waals surface area contributed by atoms with Crippen molar-refractivity contribution < 1.29 is 9.59 Å². The molecule has 2 amide bonds. The highest BCUT2D eigenvalue weighted by Crippen LogP contribution is 2.19. The second-order valence-electron chi connectivity index (χ2n) is 7.51. The Morgan fingerprint density at radius 3 is 2.07 bits per heavy atom. The summed E-state index contributed by atoms with van der Waals surface area (Å²) in [6, 6.07) is 14.0. The van der Waals surface area contributed by atoms with Gasteiger partial charge in [-0.3, -0.25) is 9.59 Å². The first-order chi connectivity index (χ1) is 14.1. The Morgan fingerprint density at radius 2 is 1.41 bits per heavy atom. The topological polar surface area (TPSA) is 60.0 Å². The number of benzene rings is 1. The Balaban J connectivity index is 1.37. The zero-order valence-electron chi connectivity index (χ0n) is 16.8. The molecule has 4 rings (SSSR count). The van der Waals surface area contributed by atoms with Crippen LogP contribution in [0.4, 0.5) is 11.5 Å². The average molecular weight is 393 g/mol. The van der Waals surface area contributed by atoms with Gasteiger partial charge in [0.05, 0.1) is 0 Å². The molecule has 1 aromatic carbocycles. The van der Waals surface area contributed by atoms with Crippen LogP contribution in [0.25, 0.3) is 0 Å². The summed E-state index contributed by atoms with van der Waals surface area (Å²) in [6.07, 6.45) is 1.71. The number of hydrogen-bond donors (Lipinski definition) is 0. The molecule has 1 aromatic heterocycles. The van der Waals surface area contributed by atoms with Gasteiger partial charge in [0.25, 0.3) is 5.91 Å². The van der Waals surface area contributed by atoms with Crippen LogP contribution in [0.5, 0.6) is 0 Å². The van der Waals surface area contributed by atoms with Crippen LogP contribution in [0.3, 0.4) is 0 Å². The van der Waals surface area contributed by atoms with E-state index in [4.69, 9.17) is 0 Å². The molecule has 0 aliphatic carbocycles. The second kappa shape index (κ2) is 8.51. The van der Waals surface area contributed by atoms with Crippen LogP contribution in [0.2, 0.25) is 0 Å². The molecule has 7 heteroatoms. The maximum absolute atomic E-state index is 13.0. The van der Waals surface area contributed by atoms with E-state index in [-0.39, 0.29) is 11.8 Å². The summed E-state index contributed by atoms with van der Waals surface area (Å²) in [4.78, 5) is 37.2. The Hall–Kier alpha value is -3.09. The van der Waals surface area contributed by atoms with E-state index >= 15 is 0 Å². The standard InChI is InChI=1S/C22H27N5O2/c1-18(28)24-9-13-26(14-10-24)21-17-19(7-8-23-21)22(29)27-15-11-25(12-16-27)20-5-3-2-4-6-20/h2-8,17H,9-16H2,1H3. The zero-order valence-corrected chi connectivity index (χ0v) is 16.8. The summed E-state index contributed by atoms with van der Waals surface area (Å²) in [5, 5.41) is 0. The van der Waals surface area contributed by atoms with Crippen molar-refractivity contribution in [2.75, 3.05) is 62.2 Å². The van der Waals surface area contributed by atoms with Crippen molar-refractivity contribution in [2.24, 2.45) is 0 Å². The molecule has 3 heterocycles. The molecule has 0 N–H and O–H groups in total. The predicted molar refractivity (Wildman–Crippen MR) is 113 cm³/mol. The third-order valence-electron chi connectivity index (χ3n) is 5.73. The normalized spacial score (nSPS) is 17.4. The van der Waals surface area contributed by atoms with Crippen LogP contribution in [0.1, 0.15) is 17.3 Å². The highest BCUT2D eigenvalue weighted by atomic mass is 16.2. The second-order valence-corrected chi connectivity index (χ2v) is 7.51. The molecule has 0 bridgehead atoms. The van der Waals surface area contributed by atoms with Crippen LogP contribution >= 0.6 is 0 Å². The van der Waals surface area contributed by atoms with Gasteiger partial charge in [0, 0.05) is 76.7 Å². The summed E-state index contributed by atoms with van der Waals surface area (Å²) in [6.45, 7) is 7.55. The molecule has 2 fully saturated rings.